The lowest BCUT2D eigenvalue weighted by Gasteiger charge is -2.05. The molecule has 5 heteroatoms. The van der Waals surface area contributed by atoms with E-state index in [9.17, 15) is 9.59 Å². The summed E-state index contributed by atoms with van der Waals surface area (Å²) in [5.74, 6) is -0.334. The zero-order chi connectivity index (χ0) is 13.7. The average molecular weight is 259 g/mol. The molecule has 1 heterocycles. The number of carbonyl (C=O) groups excluding carboxylic acids is 1. The fourth-order valence-corrected chi connectivity index (χ4v) is 1.79. The van der Waals surface area contributed by atoms with Gasteiger partial charge in [0, 0.05) is 11.8 Å². The molecule has 2 aromatic rings. The van der Waals surface area contributed by atoms with Gasteiger partial charge in [-0.1, -0.05) is 25.5 Å². The normalized spacial score (nSPS) is 10.4. The van der Waals surface area contributed by atoms with Gasteiger partial charge >= 0.3 is 0 Å². The number of rotatable bonds is 5. The van der Waals surface area contributed by atoms with Crippen LogP contribution in [0.15, 0.2) is 35.1 Å². The molecule has 0 bridgehead atoms. The predicted molar refractivity (Wildman–Crippen MR) is 74.4 cm³/mol. The predicted octanol–water partition coefficient (Wildman–Crippen LogP) is 2.30. The minimum absolute atomic E-state index is 0.222. The Morgan fingerprint density at radius 3 is 2.53 bits per heavy atom. The van der Waals surface area contributed by atoms with Gasteiger partial charge in [0.05, 0.1) is 0 Å². The number of aromatic amines is 2. The minimum Gasteiger partial charge on any atom is -0.321 e. The largest absolute Gasteiger partial charge is 0.321 e. The monoisotopic (exact) mass is 259 g/mol. The molecule has 0 fully saturated rings. The average Bonchev–Trinajstić information content (AvgIpc) is 2.85. The van der Waals surface area contributed by atoms with E-state index in [0.29, 0.717) is 5.69 Å². The molecule has 0 aliphatic heterocycles. The number of H-pyrrole nitrogens is 2. The zero-order valence-electron chi connectivity index (χ0n) is 10.8. The van der Waals surface area contributed by atoms with Gasteiger partial charge in [0.15, 0.2) is 0 Å². The Morgan fingerprint density at radius 2 is 1.95 bits per heavy atom. The summed E-state index contributed by atoms with van der Waals surface area (Å²) in [5.41, 5.74) is 1.88. The van der Waals surface area contributed by atoms with Gasteiger partial charge < -0.3 is 5.32 Å². The fraction of sp³-hybridized carbons (Fsp3) is 0.286. The van der Waals surface area contributed by atoms with Crippen molar-refractivity contribution in [3.63, 3.8) is 0 Å². The zero-order valence-corrected chi connectivity index (χ0v) is 10.8. The first-order chi connectivity index (χ1) is 9.19. The first-order valence-corrected chi connectivity index (χ1v) is 6.37. The third kappa shape index (κ3) is 3.58. The van der Waals surface area contributed by atoms with Crippen LogP contribution in [0.3, 0.4) is 0 Å². The van der Waals surface area contributed by atoms with E-state index in [2.05, 4.69) is 22.4 Å². The number of hydrogen-bond donors (Lipinski definition) is 3. The number of hydrogen-bond acceptors (Lipinski definition) is 2. The third-order valence-electron chi connectivity index (χ3n) is 2.87. The molecule has 5 nitrogen and oxygen atoms in total. The number of amides is 1. The van der Waals surface area contributed by atoms with Gasteiger partial charge in [-0.25, -0.2) is 0 Å². The lowest BCUT2D eigenvalue weighted by molar-refractivity contribution is 0.102. The van der Waals surface area contributed by atoms with Gasteiger partial charge in [-0.15, -0.1) is 0 Å². The van der Waals surface area contributed by atoms with Gasteiger partial charge in [0.1, 0.15) is 5.69 Å². The van der Waals surface area contributed by atoms with Crippen LogP contribution in [-0.4, -0.2) is 16.1 Å². The molecule has 0 atom stereocenters. The van der Waals surface area contributed by atoms with Gasteiger partial charge in [-0.05, 0) is 30.5 Å². The van der Waals surface area contributed by atoms with E-state index >= 15 is 0 Å². The van der Waals surface area contributed by atoms with Gasteiger partial charge in [0.2, 0.25) is 0 Å². The topological polar surface area (TPSA) is 77.8 Å². The van der Waals surface area contributed by atoms with Crippen LogP contribution in [0.4, 0.5) is 5.69 Å². The number of aryl methyl sites for hydroxylation is 1. The van der Waals surface area contributed by atoms with Crippen molar-refractivity contribution in [3.8, 4) is 0 Å². The molecule has 1 aromatic carbocycles. The summed E-state index contributed by atoms with van der Waals surface area (Å²) >= 11 is 0. The van der Waals surface area contributed by atoms with E-state index in [1.165, 1.54) is 18.1 Å². The SMILES string of the molecule is CCCCc1ccc(NC(=O)c2cc(=O)[nH][nH]2)cc1. The Bertz CT molecular complexity index is 596. The molecule has 1 amide bonds. The summed E-state index contributed by atoms with van der Waals surface area (Å²) in [6.07, 6.45) is 3.38. The van der Waals surface area contributed by atoms with Crippen molar-refractivity contribution < 1.29 is 4.79 Å². The second-order valence-corrected chi connectivity index (χ2v) is 4.43. The Balaban J connectivity index is 1.99. The van der Waals surface area contributed by atoms with Crippen molar-refractivity contribution in [1.29, 1.82) is 0 Å². The van der Waals surface area contributed by atoms with Crippen LogP contribution in [0.25, 0.3) is 0 Å². The maximum Gasteiger partial charge on any atom is 0.273 e. The molecular formula is C14H17N3O2. The van der Waals surface area contributed by atoms with E-state index in [1.807, 2.05) is 24.3 Å². The summed E-state index contributed by atoms with van der Waals surface area (Å²) in [4.78, 5) is 22.7. The number of unbranched alkanes of at least 4 members (excludes halogenated alkanes) is 1. The van der Waals surface area contributed by atoms with Crippen molar-refractivity contribution >= 4 is 11.6 Å². The van der Waals surface area contributed by atoms with Crippen molar-refractivity contribution in [2.24, 2.45) is 0 Å². The van der Waals surface area contributed by atoms with E-state index < -0.39 is 0 Å². The molecule has 0 saturated heterocycles. The molecule has 0 radical (unpaired) electrons. The highest BCUT2D eigenvalue weighted by atomic mass is 16.2. The van der Waals surface area contributed by atoms with Crippen LogP contribution in [0.1, 0.15) is 35.8 Å². The van der Waals surface area contributed by atoms with E-state index in [-0.39, 0.29) is 17.2 Å². The minimum atomic E-state index is -0.334. The first-order valence-electron chi connectivity index (χ1n) is 6.37. The maximum atomic E-state index is 11.8. The Kier molecular flexibility index (Phi) is 4.18. The van der Waals surface area contributed by atoms with Gasteiger partial charge in [-0.2, -0.15) is 0 Å². The molecule has 0 unspecified atom stereocenters. The third-order valence-corrected chi connectivity index (χ3v) is 2.87. The molecule has 0 aliphatic rings. The van der Waals surface area contributed by atoms with Crippen molar-refractivity contribution in [2.75, 3.05) is 5.32 Å². The number of anilines is 1. The highest BCUT2D eigenvalue weighted by Crippen LogP contribution is 2.12. The van der Waals surface area contributed by atoms with Crippen molar-refractivity contribution in [1.82, 2.24) is 10.2 Å². The van der Waals surface area contributed by atoms with E-state index in [4.69, 9.17) is 0 Å². The second-order valence-electron chi connectivity index (χ2n) is 4.43. The summed E-state index contributed by atoms with van der Waals surface area (Å²) in [7, 11) is 0. The molecule has 0 aliphatic carbocycles. The van der Waals surface area contributed by atoms with Crippen LogP contribution < -0.4 is 10.9 Å². The molecule has 100 valence electrons. The fourth-order valence-electron chi connectivity index (χ4n) is 1.79. The molecule has 0 saturated carbocycles. The number of carbonyl (C=O) groups is 1. The summed E-state index contributed by atoms with van der Waals surface area (Å²) in [5, 5.41) is 7.57. The van der Waals surface area contributed by atoms with Crippen LogP contribution >= 0.6 is 0 Å². The molecule has 0 spiro atoms. The van der Waals surface area contributed by atoms with Gasteiger partial charge in [-0.3, -0.25) is 19.8 Å². The highest BCUT2D eigenvalue weighted by molar-refractivity contribution is 6.02. The number of aromatic nitrogens is 2. The molecule has 3 N–H and O–H groups in total. The van der Waals surface area contributed by atoms with Crippen LogP contribution in [0.2, 0.25) is 0 Å². The maximum absolute atomic E-state index is 11.8. The Hall–Kier alpha value is -2.30. The standard InChI is InChI=1S/C14H17N3O2/c1-2-3-4-10-5-7-11(8-6-10)15-14(19)12-9-13(18)17-16-12/h5-9H,2-4H2,1H3,(H,15,19)(H2,16,17,18). The van der Waals surface area contributed by atoms with Gasteiger partial charge in [0.25, 0.3) is 11.5 Å². The highest BCUT2D eigenvalue weighted by Gasteiger charge is 2.08. The quantitative estimate of drug-likeness (QED) is 0.770. The van der Waals surface area contributed by atoms with Crippen molar-refractivity contribution in [2.45, 2.75) is 26.2 Å². The summed E-state index contributed by atoms with van der Waals surface area (Å²) in [6, 6.07) is 8.97. The number of nitrogens with one attached hydrogen (secondary N) is 3. The summed E-state index contributed by atoms with van der Waals surface area (Å²) < 4.78 is 0. The van der Waals surface area contributed by atoms with Crippen LogP contribution in [0, 0.1) is 0 Å². The van der Waals surface area contributed by atoms with Crippen molar-refractivity contribution in [3.05, 3.63) is 51.9 Å². The Morgan fingerprint density at radius 1 is 1.21 bits per heavy atom. The summed E-state index contributed by atoms with van der Waals surface area (Å²) in [6.45, 7) is 2.16. The molecule has 1 aromatic heterocycles. The molecular weight excluding hydrogens is 242 g/mol. The van der Waals surface area contributed by atoms with E-state index in [1.54, 1.807) is 0 Å². The first kappa shape index (κ1) is 13.1. The van der Waals surface area contributed by atoms with Crippen LogP contribution in [0.5, 0.6) is 0 Å². The number of benzene rings is 1. The van der Waals surface area contributed by atoms with Crippen LogP contribution in [-0.2, 0) is 6.42 Å². The lowest BCUT2D eigenvalue weighted by Crippen LogP contribution is -2.12. The smallest absolute Gasteiger partial charge is 0.273 e. The molecule has 19 heavy (non-hydrogen) atoms. The molecule has 2 rings (SSSR count). The second kappa shape index (κ2) is 6.04. The lowest BCUT2D eigenvalue weighted by atomic mass is 10.1. The Labute approximate surface area is 111 Å². The van der Waals surface area contributed by atoms with E-state index in [0.717, 1.165) is 12.8 Å².